The summed E-state index contributed by atoms with van der Waals surface area (Å²) in [5.41, 5.74) is 0.215. The predicted octanol–water partition coefficient (Wildman–Crippen LogP) is 4.15. The molecule has 7 nitrogen and oxygen atoms in total. The van der Waals surface area contributed by atoms with Gasteiger partial charge in [0.15, 0.2) is 10.9 Å². The maximum Gasteiger partial charge on any atom is 0.260 e. The molecule has 0 atom stereocenters. The molecule has 186 valence electrons. The molecule has 0 aliphatic heterocycles. The number of fused-ring (bicyclic) bond motifs is 1. The van der Waals surface area contributed by atoms with Crippen LogP contribution in [0.4, 0.5) is 13.9 Å². The summed E-state index contributed by atoms with van der Waals surface area (Å²) >= 11 is 1.00. The molecular formula is C24H26F2N4O3S2. The first-order chi connectivity index (χ1) is 16.6. The van der Waals surface area contributed by atoms with E-state index in [0.29, 0.717) is 6.54 Å². The zero-order valence-corrected chi connectivity index (χ0v) is 21.1. The number of likely N-dealkylation sites (N-methyl/N-ethyl adjacent to an activating group) is 1. The molecule has 2 aromatic carbocycles. The molecule has 0 aliphatic rings. The summed E-state index contributed by atoms with van der Waals surface area (Å²) in [6.07, 6.45) is 2.96. The minimum absolute atomic E-state index is 0.0139. The second-order valence-corrected chi connectivity index (χ2v) is 10.9. The van der Waals surface area contributed by atoms with Crippen molar-refractivity contribution in [2.75, 3.05) is 45.2 Å². The third kappa shape index (κ3) is 5.99. The lowest BCUT2D eigenvalue weighted by molar-refractivity contribution is 0.0985. The van der Waals surface area contributed by atoms with Gasteiger partial charge in [-0.15, -0.1) is 13.2 Å². The average molecular weight is 521 g/mol. The molecule has 0 N–H and O–H groups in total. The van der Waals surface area contributed by atoms with E-state index in [0.717, 1.165) is 17.4 Å². The molecular weight excluding hydrogens is 494 g/mol. The van der Waals surface area contributed by atoms with Crippen LogP contribution < -0.4 is 4.90 Å². The minimum Gasteiger partial charge on any atom is -0.308 e. The highest BCUT2D eigenvalue weighted by Crippen LogP contribution is 2.32. The third-order valence-corrected chi connectivity index (χ3v) is 7.92. The van der Waals surface area contributed by atoms with Gasteiger partial charge >= 0.3 is 0 Å². The molecule has 1 amide bonds. The van der Waals surface area contributed by atoms with Gasteiger partial charge in [0.1, 0.15) is 11.3 Å². The van der Waals surface area contributed by atoms with Crippen molar-refractivity contribution >= 4 is 42.6 Å². The summed E-state index contributed by atoms with van der Waals surface area (Å²) in [6.45, 7) is 8.13. The normalized spacial score (nSPS) is 11.8. The molecule has 3 aromatic rings. The monoisotopic (exact) mass is 520 g/mol. The van der Waals surface area contributed by atoms with Gasteiger partial charge in [-0.1, -0.05) is 23.5 Å². The van der Waals surface area contributed by atoms with Gasteiger partial charge in [0.05, 0.1) is 9.60 Å². The van der Waals surface area contributed by atoms with E-state index in [1.54, 1.807) is 0 Å². The second-order valence-electron chi connectivity index (χ2n) is 7.91. The van der Waals surface area contributed by atoms with Crippen molar-refractivity contribution in [1.29, 1.82) is 0 Å². The number of hydrogen-bond acceptors (Lipinski definition) is 6. The first-order valence-corrected chi connectivity index (χ1v) is 12.9. The molecule has 0 saturated heterocycles. The average Bonchev–Trinajstić information content (AvgIpc) is 3.23. The number of amides is 1. The van der Waals surface area contributed by atoms with Gasteiger partial charge < -0.3 is 4.90 Å². The Labute approximate surface area is 207 Å². The molecule has 3 rings (SSSR count). The SMILES string of the molecule is C=CCN(CC=C)S(=O)(=O)c1ccc(C(=O)N(CCN(C)C)c2nc3c(F)cc(F)cc3s2)cc1. The fourth-order valence-electron chi connectivity index (χ4n) is 3.28. The third-order valence-electron chi connectivity index (χ3n) is 5.05. The number of thiazole rings is 1. The number of carbonyl (C=O) groups excluding carboxylic acids is 1. The number of carbonyl (C=O) groups is 1. The first-order valence-electron chi connectivity index (χ1n) is 10.6. The van der Waals surface area contributed by atoms with Crippen molar-refractivity contribution in [3.05, 3.63) is 78.9 Å². The van der Waals surface area contributed by atoms with Crippen LogP contribution in [0.3, 0.4) is 0 Å². The Kier molecular flexibility index (Phi) is 8.49. The van der Waals surface area contributed by atoms with Crippen LogP contribution in [0.25, 0.3) is 10.2 Å². The van der Waals surface area contributed by atoms with Gasteiger partial charge in [0.2, 0.25) is 10.0 Å². The summed E-state index contributed by atoms with van der Waals surface area (Å²) in [6, 6.07) is 7.49. The van der Waals surface area contributed by atoms with Crippen LogP contribution in [-0.2, 0) is 10.0 Å². The topological polar surface area (TPSA) is 73.8 Å². The Bertz CT molecular complexity index is 1330. The lowest BCUT2D eigenvalue weighted by atomic mass is 10.2. The number of halogens is 2. The highest BCUT2D eigenvalue weighted by atomic mass is 32.2. The molecule has 35 heavy (non-hydrogen) atoms. The molecule has 1 aromatic heterocycles. The van der Waals surface area contributed by atoms with Gasteiger partial charge in [0.25, 0.3) is 5.91 Å². The Balaban J connectivity index is 1.96. The van der Waals surface area contributed by atoms with Crippen LogP contribution in [0.2, 0.25) is 0 Å². The molecule has 0 unspecified atom stereocenters. The van der Waals surface area contributed by atoms with E-state index in [-0.39, 0.29) is 45.4 Å². The zero-order chi connectivity index (χ0) is 25.8. The van der Waals surface area contributed by atoms with E-state index in [1.807, 2.05) is 19.0 Å². The van der Waals surface area contributed by atoms with E-state index in [2.05, 4.69) is 18.1 Å². The lowest BCUT2D eigenvalue weighted by Crippen LogP contribution is -2.36. The molecule has 0 spiro atoms. The smallest absolute Gasteiger partial charge is 0.260 e. The van der Waals surface area contributed by atoms with Crippen molar-refractivity contribution in [2.24, 2.45) is 0 Å². The van der Waals surface area contributed by atoms with E-state index >= 15 is 0 Å². The second kappa shape index (κ2) is 11.2. The molecule has 0 saturated carbocycles. The number of rotatable bonds is 11. The fraction of sp³-hybridized carbons (Fsp3) is 0.250. The Morgan fingerprint density at radius 2 is 1.69 bits per heavy atom. The van der Waals surface area contributed by atoms with E-state index in [4.69, 9.17) is 0 Å². The van der Waals surface area contributed by atoms with Gasteiger partial charge in [-0.2, -0.15) is 4.31 Å². The molecule has 0 bridgehead atoms. The number of anilines is 1. The largest absolute Gasteiger partial charge is 0.308 e. The molecule has 0 radical (unpaired) electrons. The maximum absolute atomic E-state index is 14.2. The van der Waals surface area contributed by atoms with Crippen LogP contribution in [0.5, 0.6) is 0 Å². The highest BCUT2D eigenvalue weighted by molar-refractivity contribution is 7.89. The number of hydrogen-bond donors (Lipinski definition) is 0. The lowest BCUT2D eigenvalue weighted by Gasteiger charge is -2.22. The van der Waals surface area contributed by atoms with Crippen molar-refractivity contribution in [2.45, 2.75) is 4.90 Å². The van der Waals surface area contributed by atoms with Gasteiger partial charge in [-0.3, -0.25) is 9.69 Å². The summed E-state index contributed by atoms with van der Waals surface area (Å²) in [7, 11) is -0.134. The van der Waals surface area contributed by atoms with E-state index in [9.17, 15) is 22.0 Å². The van der Waals surface area contributed by atoms with Gasteiger partial charge in [-0.05, 0) is 44.4 Å². The number of benzene rings is 2. The van der Waals surface area contributed by atoms with Crippen LogP contribution >= 0.6 is 11.3 Å². The van der Waals surface area contributed by atoms with Crippen molar-refractivity contribution in [3.63, 3.8) is 0 Å². The molecule has 1 heterocycles. The number of nitrogens with zero attached hydrogens (tertiary/aromatic N) is 4. The van der Waals surface area contributed by atoms with Crippen LogP contribution in [0, 0.1) is 11.6 Å². The first kappa shape index (κ1) is 26.6. The summed E-state index contributed by atoms with van der Waals surface area (Å²) in [5, 5.41) is 0.219. The van der Waals surface area contributed by atoms with Crippen LogP contribution in [-0.4, -0.2) is 68.8 Å². The Hall–Kier alpha value is -2.99. The van der Waals surface area contributed by atoms with Crippen molar-refractivity contribution in [3.8, 4) is 0 Å². The maximum atomic E-state index is 14.2. The standard InChI is InChI=1S/C24H26F2N4O3S2/c1-5-11-29(12-6-2)35(32,33)19-9-7-17(8-10-19)23(31)30(14-13-28(3)4)24-27-22-20(26)15-18(25)16-21(22)34-24/h5-10,15-16H,1-2,11-14H2,3-4H3. The van der Waals surface area contributed by atoms with Crippen molar-refractivity contribution in [1.82, 2.24) is 14.2 Å². The van der Waals surface area contributed by atoms with Crippen LogP contribution in [0.15, 0.2) is 66.6 Å². The fourth-order valence-corrected chi connectivity index (χ4v) is 5.69. The molecule has 11 heteroatoms. The Morgan fingerprint density at radius 1 is 1.06 bits per heavy atom. The molecule has 0 aliphatic carbocycles. The van der Waals surface area contributed by atoms with E-state index < -0.39 is 27.6 Å². The molecule has 0 fully saturated rings. The van der Waals surface area contributed by atoms with Crippen LogP contribution in [0.1, 0.15) is 10.4 Å². The zero-order valence-electron chi connectivity index (χ0n) is 19.4. The summed E-state index contributed by atoms with van der Waals surface area (Å²) < 4.78 is 55.2. The number of aromatic nitrogens is 1. The highest BCUT2D eigenvalue weighted by Gasteiger charge is 2.25. The van der Waals surface area contributed by atoms with Crippen molar-refractivity contribution < 1.29 is 22.0 Å². The van der Waals surface area contributed by atoms with E-state index in [1.165, 1.54) is 51.7 Å². The quantitative estimate of drug-likeness (QED) is 0.355. The van der Waals surface area contributed by atoms with Gasteiger partial charge in [-0.25, -0.2) is 22.2 Å². The predicted molar refractivity (Wildman–Crippen MR) is 135 cm³/mol. The number of sulfonamides is 1. The minimum atomic E-state index is -3.82. The summed E-state index contributed by atoms with van der Waals surface area (Å²) in [4.78, 5) is 20.9. The van der Waals surface area contributed by atoms with Gasteiger partial charge in [0, 0.05) is 37.8 Å². The summed E-state index contributed by atoms with van der Waals surface area (Å²) in [5.74, 6) is -1.97. The Morgan fingerprint density at radius 3 is 2.26 bits per heavy atom.